The average molecular weight is 517 g/mol. The molecule has 0 aliphatic carbocycles. The number of imidazole rings is 1. The van der Waals surface area contributed by atoms with Crippen LogP contribution in [0.15, 0.2) is 55.1 Å². The minimum absolute atomic E-state index is 0.00333. The first-order chi connectivity index (χ1) is 17.7. The summed E-state index contributed by atoms with van der Waals surface area (Å²) in [5, 5.41) is 5.02. The van der Waals surface area contributed by atoms with Gasteiger partial charge in [-0.25, -0.2) is 14.2 Å². The monoisotopic (exact) mass is 516 g/mol. The lowest BCUT2D eigenvalue weighted by Gasteiger charge is -2.39. The number of fused-ring (bicyclic) bond motifs is 2. The summed E-state index contributed by atoms with van der Waals surface area (Å²) >= 11 is 0. The summed E-state index contributed by atoms with van der Waals surface area (Å²) < 4.78 is 57.8. The summed E-state index contributed by atoms with van der Waals surface area (Å²) in [5.41, 5.74) is 0.311. The van der Waals surface area contributed by atoms with E-state index in [9.17, 15) is 22.4 Å². The highest BCUT2D eigenvalue weighted by Crippen LogP contribution is 2.37. The van der Waals surface area contributed by atoms with Crippen molar-refractivity contribution in [2.24, 2.45) is 0 Å². The first kappa shape index (κ1) is 25.2. The summed E-state index contributed by atoms with van der Waals surface area (Å²) in [6.07, 6.45) is 2.05. The Labute approximate surface area is 212 Å². The molecular formula is C26H28F4N6O. The second kappa shape index (κ2) is 10.1. The molecule has 2 fully saturated rings. The standard InChI is InChI=1S/C26H28F4N6O/c1-34-14-20-5-6-21(15-34)36(20)13-18-3-4-19(11-22(18)26(28,29)30)33-25(37)32-12-17-2-7-24(23(27)10-17)35-9-8-31-16-35/h2-4,7-11,16,20-21H,5-6,12-15H2,1H3,(H2,32,33,37). The predicted molar refractivity (Wildman–Crippen MR) is 131 cm³/mol. The number of hydrogen-bond acceptors (Lipinski definition) is 4. The molecule has 2 saturated heterocycles. The van der Waals surface area contributed by atoms with Crippen LogP contribution in [0.4, 0.5) is 28.0 Å². The van der Waals surface area contributed by atoms with E-state index in [1.807, 2.05) is 7.05 Å². The molecule has 0 radical (unpaired) electrons. The SMILES string of the molecule is CN1CC2CCC(C1)N2Cc1ccc(NC(=O)NCc2ccc(-n3ccnc3)c(F)c2)cc1C(F)(F)F. The maximum absolute atomic E-state index is 14.4. The molecule has 37 heavy (non-hydrogen) atoms. The third-order valence-electron chi connectivity index (χ3n) is 7.09. The third-order valence-corrected chi connectivity index (χ3v) is 7.09. The molecule has 0 saturated carbocycles. The molecule has 1 aromatic heterocycles. The molecule has 2 atom stereocenters. The highest BCUT2D eigenvalue weighted by atomic mass is 19.4. The van der Waals surface area contributed by atoms with E-state index in [1.54, 1.807) is 18.3 Å². The maximum atomic E-state index is 14.4. The summed E-state index contributed by atoms with van der Waals surface area (Å²) in [7, 11) is 2.04. The lowest BCUT2D eigenvalue weighted by atomic mass is 10.0. The van der Waals surface area contributed by atoms with Crippen molar-refractivity contribution in [3.05, 3.63) is 77.6 Å². The van der Waals surface area contributed by atoms with Gasteiger partial charge in [-0.3, -0.25) is 4.90 Å². The number of nitrogens with zero attached hydrogens (tertiary/aromatic N) is 4. The molecule has 2 amide bonds. The Morgan fingerprint density at radius 1 is 1.11 bits per heavy atom. The van der Waals surface area contributed by atoms with Gasteiger partial charge in [0.1, 0.15) is 5.82 Å². The lowest BCUT2D eigenvalue weighted by Crippen LogP contribution is -2.51. The normalized spacial score (nSPS) is 20.2. The molecule has 2 aliphatic heterocycles. The number of alkyl halides is 3. The highest BCUT2D eigenvalue weighted by molar-refractivity contribution is 5.89. The summed E-state index contributed by atoms with van der Waals surface area (Å²) in [6, 6.07) is 8.25. The Bertz CT molecular complexity index is 1250. The van der Waals surface area contributed by atoms with Crippen molar-refractivity contribution in [3.8, 4) is 5.69 Å². The zero-order valence-electron chi connectivity index (χ0n) is 20.3. The van der Waals surface area contributed by atoms with Crippen molar-refractivity contribution in [1.29, 1.82) is 0 Å². The third kappa shape index (κ3) is 5.62. The van der Waals surface area contributed by atoms with Crippen LogP contribution < -0.4 is 10.6 Å². The number of hydrogen-bond donors (Lipinski definition) is 2. The van der Waals surface area contributed by atoms with Gasteiger partial charge in [-0.1, -0.05) is 12.1 Å². The van der Waals surface area contributed by atoms with Gasteiger partial charge < -0.3 is 20.1 Å². The molecular weight excluding hydrogens is 488 g/mol. The number of rotatable bonds is 6. The van der Waals surface area contributed by atoms with Crippen LogP contribution >= 0.6 is 0 Å². The van der Waals surface area contributed by atoms with E-state index in [0.29, 0.717) is 11.3 Å². The van der Waals surface area contributed by atoms with Crippen molar-refractivity contribution < 1.29 is 22.4 Å². The topological polar surface area (TPSA) is 65.4 Å². The first-order valence-electron chi connectivity index (χ1n) is 12.1. The van der Waals surface area contributed by atoms with Crippen molar-refractivity contribution in [2.45, 2.75) is 44.2 Å². The number of halogens is 4. The van der Waals surface area contributed by atoms with Gasteiger partial charge >= 0.3 is 12.2 Å². The largest absolute Gasteiger partial charge is 0.416 e. The number of carbonyl (C=O) groups excluding carboxylic acids is 1. The quantitative estimate of drug-likeness (QED) is 0.469. The van der Waals surface area contributed by atoms with Crippen LogP contribution in [0.1, 0.15) is 29.5 Å². The molecule has 2 unspecified atom stereocenters. The van der Waals surface area contributed by atoms with E-state index in [0.717, 1.165) is 32.0 Å². The van der Waals surface area contributed by atoms with Crippen LogP contribution in [0.3, 0.4) is 0 Å². The number of likely N-dealkylation sites (N-methyl/N-ethyl adjacent to an activating group) is 1. The molecule has 0 spiro atoms. The fourth-order valence-electron chi connectivity index (χ4n) is 5.34. The number of amides is 2. The number of carbonyl (C=O) groups is 1. The van der Waals surface area contributed by atoms with Gasteiger partial charge in [0.2, 0.25) is 0 Å². The molecule has 196 valence electrons. The fraction of sp³-hybridized carbons (Fsp3) is 0.385. The smallest absolute Gasteiger partial charge is 0.334 e. The number of likely N-dealkylation sites (tertiary alicyclic amines) is 1. The Hall–Kier alpha value is -3.44. The van der Waals surface area contributed by atoms with Crippen LogP contribution in [0.25, 0.3) is 5.69 Å². The van der Waals surface area contributed by atoms with Crippen molar-refractivity contribution >= 4 is 11.7 Å². The van der Waals surface area contributed by atoms with E-state index < -0.39 is 23.6 Å². The Morgan fingerprint density at radius 2 is 1.86 bits per heavy atom. The second-order valence-electron chi connectivity index (χ2n) is 9.71. The lowest BCUT2D eigenvalue weighted by molar-refractivity contribution is -0.138. The summed E-state index contributed by atoms with van der Waals surface area (Å²) in [4.78, 5) is 20.7. The van der Waals surface area contributed by atoms with Crippen molar-refractivity contribution in [3.63, 3.8) is 0 Å². The minimum Gasteiger partial charge on any atom is -0.334 e. The van der Waals surface area contributed by atoms with Crippen LogP contribution in [0.2, 0.25) is 0 Å². The van der Waals surface area contributed by atoms with Gasteiger partial charge in [0.05, 0.1) is 17.6 Å². The Kier molecular flexibility index (Phi) is 6.91. The number of nitrogens with one attached hydrogen (secondary N) is 2. The number of aromatic nitrogens is 2. The zero-order valence-corrected chi connectivity index (χ0v) is 20.3. The number of anilines is 1. The molecule has 2 aliphatic rings. The molecule has 2 N–H and O–H groups in total. The number of urea groups is 1. The Morgan fingerprint density at radius 3 is 2.51 bits per heavy atom. The second-order valence-corrected chi connectivity index (χ2v) is 9.71. The van der Waals surface area contributed by atoms with Crippen LogP contribution in [0.5, 0.6) is 0 Å². The average Bonchev–Trinajstić information content (AvgIpc) is 3.45. The van der Waals surface area contributed by atoms with E-state index in [-0.39, 0.29) is 36.4 Å². The van der Waals surface area contributed by atoms with Gasteiger partial charge in [0.25, 0.3) is 0 Å². The van der Waals surface area contributed by atoms with E-state index in [2.05, 4.69) is 25.4 Å². The molecule has 2 bridgehead atoms. The fourth-order valence-corrected chi connectivity index (χ4v) is 5.34. The number of piperazine rings is 1. The van der Waals surface area contributed by atoms with Crippen molar-refractivity contribution in [2.75, 3.05) is 25.5 Å². The van der Waals surface area contributed by atoms with Crippen LogP contribution in [-0.4, -0.2) is 57.6 Å². The van der Waals surface area contributed by atoms with E-state index in [1.165, 1.54) is 35.3 Å². The summed E-state index contributed by atoms with van der Waals surface area (Å²) in [5.74, 6) is -0.489. The van der Waals surface area contributed by atoms with Gasteiger partial charge in [0, 0.05) is 56.3 Å². The molecule has 3 heterocycles. The zero-order chi connectivity index (χ0) is 26.2. The minimum atomic E-state index is -4.55. The summed E-state index contributed by atoms with van der Waals surface area (Å²) in [6.45, 7) is 1.94. The maximum Gasteiger partial charge on any atom is 0.416 e. The van der Waals surface area contributed by atoms with E-state index >= 15 is 0 Å². The predicted octanol–water partition coefficient (Wildman–Crippen LogP) is 4.63. The molecule has 2 aromatic carbocycles. The van der Waals surface area contributed by atoms with Gasteiger partial charge in [-0.05, 0) is 55.3 Å². The van der Waals surface area contributed by atoms with Gasteiger partial charge in [0.15, 0.2) is 0 Å². The first-order valence-corrected chi connectivity index (χ1v) is 12.1. The number of benzene rings is 2. The van der Waals surface area contributed by atoms with Gasteiger partial charge in [-0.2, -0.15) is 13.2 Å². The molecule has 11 heteroatoms. The Balaban J connectivity index is 1.23. The van der Waals surface area contributed by atoms with Crippen LogP contribution in [-0.2, 0) is 19.3 Å². The van der Waals surface area contributed by atoms with E-state index in [4.69, 9.17) is 0 Å². The van der Waals surface area contributed by atoms with Crippen LogP contribution in [0, 0.1) is 5.82 Å². The molecule has 7 nitrogen and oxygen atoms in total. The van der Waals surface area contributed by atoms with Gasteiger partial charge in [-0.15, -0.1) is 0 Å². The molecule has 3 aromatic rings. The molecule has 5 rings (SSSR count). The van der Waals surface area contributed by atoms with Crippen molar-refractivity contribution in [1.82, 2.24) is 24.7 Å². The highest BCUT2D eigenvalue weighted by Gasteiger charge is 2.40.